The third-order valence-electron chi connectivity index (χ3n) is 7.04. The van der Waals surface area contributed by atoms with Crippen LogP contribution >= 0.6 is 0 Å². The minimum atomic E-state index is -1.75. The van der Waals surface area contributed by atoms with E-state index in [4.69, 9.17) is 9.47 Å². The topological polar surface area (TPSA) is 139 Å². The van der Waals surface area contributed by atoms with Crippen LogP contribution in [0.2, 0.25) is 0 Å². The second-order valence-electron chi connectivity index (χ2n) is 9.46. The Balaban J connectivity index is 1.47. The van der Waals surface area contributed by atoms with Crippen molar-refractivity contribution in [2.24, 2.45) is 11.8 Å². The number of fused-ring (bicyclic) bond motifs is 1. The van der Waals surface area contributed by atoms with Gasteiger partial charge in [0.2, 0.25) is 11.5 Å². The number of aliphatic hydroxyl groups excluding tert-OH is 1. The standard InChI is InChI=1S/C25H32N5O5/c1-3-16(2)24(33)29-23-19-9-10-20(30(19)28-15-27-23)25(14-26)21(31)12-18(35-25)13-34-22(32)11-17-7-5-4-6-8-17/h9-10,12,15-18,21,31H,3-8,11,13H2,1-2H3,(H,27,28,29,33)/t16-,18-,21-,25+/m1/s1. The molecule has 10 nitrogen and oxygen atoms in total. The molecule has 0 aromatic carbocycles. The van der Waals surface area contributed by atoms with Crippen LogP contribution in [0.1, 0.15) is 64.5 Å². The zero-order valence-electron chi connectivity index (χ0n) is 20.1. The van der Waals surface area contributed by atoms with E-state index in [0.717, 1.165) is 25.7 Å². The number of aliphatic hydroxyl groups is 1. The summed E-state index contributed by atoms with van der Waals surface area (Å²) >= 11 is 0. The van der Waals surface area contributed by atoms with Gasteiger partial charge in [-0.2, -0.15) is 10.4 Å². The van der Waals surface area contributed by atoms with Crippen LogP contribution in [0.3, 0.4) is 0 Å². The van der Waals surface area contributed by atoms with Crippen molar-refractivity contribution in [2.45, 2.75) is 76.6 Å². The molecule has 2 fully saturated rings. The van der Waals surface area contributed by atoms with Crippen LogP contribution in [0.5, 0.6) is 0 Å². The quantitative estimate of drug-likeness (QED) is 0.548. The van der Waals surface area contributed by atoms with Crippen LogP contribution < -0.4 is 5.32 Å². The van der Waals surface area contributed by atoms with Crippen molar-refractivity contribution < 1.29 is 24.2 Å². The van der Waals surface area contributed by atoms with Gasteiger partial charge in [0.05, 0.1) is 5.69 Å². The van der Waals surface area contributed by atoms with Crippen molar-refractivity contribution >= 4 is 23.2 Å². The molecule has 35 heavy (non-hydrogen) atoms. The highest BCUT2D eigenvalue weighted by atomic mass is 16.6. The molecule has 10 heteroatoms. The molecule has 0 unspecified atom stereocenters. The number of hydrogen-bond donors (Lipinski definition) is 2. The first-order valence-electron chi connectivity index (χ1n) is 12.3. The Labute approximate surface area is 204 Å². The van der Waals surface area contributed by atoms with Crippen LogP contribution in [-0.2, 0) is 24.7 Å². The predicted molar refractivity (Wildman–Crippen MR) is 126 cm³/mol. The van der Waals surface area contributed by atoms with E-state index in [1.54, 1.807) is 12.1 Å². The molecular weight excluding hydrogens is 450 g/mol. The number of nitriles is 1. The Morgan fingerprint density at radius 3 is 2.86 bits per heavy atom. The Hall–Kier alpha value is -3.03. The summed E-state index contributed by atoms with van der Waals surface area (Å²) in [4.78, 5) is 28.8. The Morgan fingerprint density at radius 1 is 1.37 bits per heavy atom. The van der Waals surface area contributed by atoms with Crippen LogP contribution in [-0.4, -0.2) is 50.4 Å². The number of rotatable bonds is 8. The molecule has 1 saturated heterocycles. The number of esters is 1. The molecule has 1 amide bonds. The van der Waals surface area contributed by atoms with Gasteiger partial charge in [-0.15, -0.1) is 0 Å². The third kappa shape index (κ3) is 5.16. The van der Waals surface area contributed by atoms with Crippen molar-refractivity contribution in [1.29, 1.82) is 5.26 Å². The molecule has 2 N–H and O–H groups in total. The summed E-state index contributed by atoms with van der Waals surface area (Å²) in [6.07, 6.45) is 7.35. The van der Waals surface area contributed by atoms with Crippen molar-refractivity contribution in [2.75, 3.05) is 11.9 Å². The summed E-state index contributed by atoms with van der Waals surface area (Å²) in [6.45, 7) is 3.66. The van der Waals surface area contributed by atoms with Gasteiger partial charge in [0.15, 0.2) is 5.82 Å². The molecule has 2 aliphatic rings. The number of anilines is 1. The lowest BCUT2D eigenvalue weighted by atomic mass is 9.87. The van der Waals surface area contributed by atoms with E-state index in [9.17, 15) is 20.0 Å². The molecule has 1 radical (unpaired) electrons. The van der Waals surface area contributed by atoms with Crippen molar-refractivity contribution in [3.8, 4) is 6.07 Å². The summed E-state index contributed by atoms with van der Waals surface area (Å²) in [5.74, 6) is -0.00231. The molecular formula is C25H32N5O5. The first kappa shape index (κ1) is 25.1. The number of aromatic nitrogens is 3. The van der Waals surface area contributed by atoms with Crippen molar-refractivity contribution in [3.05, 3.63) is 30.6 Å². The predicted octanol–water partition coefficient (Wildman–Crippen LogP) is 2.91. The smallest absolute Gasteiger partial charge is 0.306 e. The highest BCUT2D eigenvalue weighted by Gasteiger charge is 2.52. The second-order valence-corrected chi connectivity index (χ2v) is 9.46. The lowest BCUT2D eigenvalue weighted by molar-refractivity contribution is -0.150. The van der Waals surface area contributed by atoms with Gasteiger partial charge in [0.25, 0.3) is 0 Å². The molecule has 1 saturated carbocycles. The van der Waals surface area contributed by atoms with Gasteiger partial charge < -0.3 is 19.9 Å². The zero-order valence-corrected chi connectivity index (χ0v) is 20.1. The van der Waals surface area contributed by atoms with Crippen LogP contribution in [0.25, 0.3) is 5.52 Å². The van der Waals surface area contributed by atoms with E-state index in [1.807, 2.05) is 13.8 Å². The van der Waals surface area contributed by atoms with Gasteiger partial charge in [0.1, 0.15) is 36.7 Å². The highest BCUT2D eigenvalue weighted by Crippen LogP contribution is 2.40. The number of amides is 1. The Morgan fingerprint density at radius 2 is 2.14 bits per heavy atom. The van der Waals surface area contributed by atoms with Gasteiger partial charge in [-0.3, -0.25) is 9.59 Å². The van der Waals surface area contributed by atoms with E-state index in [0.29, 0.717) is 30.1 Å². The summed E-state index contributed by atoms with van der Waals surface area (Å²) in [6, 6.07) is 5.35. The molecule has 0 bridgehead atoms. The Bertz CT molecular complexity index is 1110. The van der Waals surface area contributed by atoms with Crippen molar-refractivity contribution in [3.63, 3.8) is 0 Å². The summed E-state index contributed by atoms with van der Waals surface area (Å²) in [5, 5.41) is 27.9. The minimum absolute atomic E-state index is 0.0828. The minimum Gasteiger partial charge on any atom is -0.463 e. The largest absolute Gasteiger partial charge is 0.463 e. The number of carbonyl (C=O) groups excluding carboxylic acids is 2. The summed E-state index contributed by atoms with van der Waals surface area (Å²) in [5.41, 5.74) is -0.998. The molecule has 2 aromatic heterocycles. The maximum Gasteiger partial charge on any atom is 0.306 e. The Kier molecular flexibility index (Phi) is 7.67. The normalized spacial score (nSPS) is 25.8. The summed E-state index contributed by atoms with van der Waals surface area (Å²) in [7, 11) is 0. The molecule has 3 heterocycles. The lowest BCUT2D eigenvalue weighted by Gasteiger charge is -2.24. The maximum absolute atomic E-state index is 12.4. The molecule has 2 aromatic rings. The lowest BCUT2D eigenvalue weighted by Crippen LogP contribution is -2.37. The molecule has 4 atom stereocenters. The third-order valence-corrected chi connectivity index (χ3v) is 7.04. The van der Waals surface area contributed by atoms with Crippen molar-refractivity contribution in [1.82, 2.24) is 14.6 Å². The highest BCUT2D eigenvalue weighted by molar-refractivity contribution is 5.94. The molecule has 0 spiro atoms. The van der Waals surface area contributed by atoms with Gasteiger partial charge >= 0.3 is 5.97 Å². The van der Waals surface area contributed by atoms with E-state index < -0.39 is 17.8 Å². The SMILES string of the molecule is CC[C@@H](C)C(=O)Nc1ncnn2c([C@]3(C#N)O[C@@H](COC(=O)CC4CCCCC4)[CH][C@H]3O)ccc12. The molecule has 1 aliphatic carbocycles. The molecule has 4 rings (SSSR count). The first-order valence-corrected chi connectivity index (χ1v) is 12.3. The fourth-order valence-electron chi connectivity index (χ4n) is 4.74. The number of hydrogen-bond acceptors (Lipinski definition) is 8. The average molecular weight is 483 g/mol. The summed E-state index contributed by atoms with van der Waals surface area (Å²) < 4.78 is 12.8. The molecule has 187 valence electrons. The van der Waals surface area contributed by atoms with Gasteiger partial charge in [-0.25, -0.2) is 9.50 Å². The van der Waals surface area contributed by atoms with Crippen LogP contribution in [0.4, 0.5) is 5.82 Å². The number of nitrogens with one attached hydrogen (secondary N) is 1. The van der Waals surface area contributed by atoms with E-state index in [1.165, 1.54) is 23.7 Å². The second kappa shape index (κ2) is 10.7. The van der Waals surface area contributed by atoms with Crippen LogP contribution in [0.15, 0.2) is 18.5 Å². The monoisotopic (exact) mass is 482 g/mol. The van der Waals surface area contributed by atoms with Gasteiger partial charge in [0, 0.05) is 18.8 Å². The van der Waals surface area contributed by atoms with E-state index in [-0.39, 0.29) is 30.1 Å². The average Bonchev–Trinajstić information content (AvgIpc) is 3.44. The fraction of sp³-hybridized carbons (Fsp3) is 0.600. The number of ether oxygens (including phenoxy) is 2. The number of nitrogens with zero attached hydrogens (tertiary/aromatic N) is 4. The zero-order chi connectivity index (χ0) is 25.0. The molecule has 1 aliphatic heterocycles. The number of carbonyl (C=O) groups is 2. The van der Waals surface area contributed by atoms with Gasteiger partial charge in [-0.05, 0) is 37.3 Å². The van der Waals surface area contributed by atoms with Crippen LogP contribution in [0, 0.1) is 29.6 Å². The van der Waals surface area contributed by atoms with E-state index in [2.05, 4.69) is 21.5 Å². The van der Waals surface area contributed by atoms with E-state index >= 15 is 0 Å². The van der Waals surface area contributed by atoms with Gasteiger partial charge in [-0.1, -0.05) is 33.1 Å². The first-order chi connectivity index (χ1) is 16.9. The maximum atomic E-state index is 12.4. The fourth-order valence-corrected chi connectivity index (χ4v) is 4.74.